The zero-order chi connectivity index (χ0) is 15.7. The summed E-state index contributed by atoms with van der Waals surface area (Å²) in [6, 6.07) is 4.27. The molecule has 0 bridgehead atoms. The van der Waals surface area contributed by atoms with Crippen molar-refractivity contribution >= 4 is 34.8 Å². The topological polar surface area (TPSA) is 62.4 Å². The molecular formula is C13H17ClFN3O2S. The van der Waals surface area contributed by atoms with Crippen molar-refractivity contribution in [3.8, 4) is 0 Å². The average Bonchev–Trinajstić information content (AvgIpc) is 2.45. The van der Waals surface area contributed by atoms with Crippen LogP contribution in [0.2, 0.25) is 5.02 Å². The van der Waals surface area contributed by atoms with Crippen molar-refractivity contribution in [2.24, 2.45) is 0 Å². The number of carbonyl (C=O) groups excluding carboxylic acids is 1. The lowest BCUT2D eigenvalue weighted by molar-refractivity contribution is -0.121. The van der Waals surface area contributed by atoms with Crippen molar-refractivity contribution in [2.75, 3.05) is 20.3 Å². The Morgan fingerprint density at radius 1 is 1.43 bits per heavy atom. The van der Waals surface area contributed by atoms with E-state index in [9.17, 15) is 9.18 Å². The highest BCUT2D eigenvalue weighted by Crippen LogP contribution is 2.19. The second-order valence-corrected chi connectivity index (χ2v) is 4.97. The molecule has 0 heterocycles. The zero-order valence-electron chi connectivity index (χ0n) is 11.5. The lowest BCUT2D eigenvalue weighted by Crippen LogP contribution is -2.47. The summed E-state index contributed by atoms with van der Waals surface area (Å²) < 4.78 is 18.4. The van der Waals surface area contributed by atoms with Gasteiger partial charge in [-0.2, -0.15) is 0 Å². The van der Waals surface area contributed by atoms with Gasteiger partial charge in [-0.05, 0) is 30.8 Å². The molecular weight excluding hydrogens is 317 g/mol. The number of hydrogen-bond donors (Lipinski definition) is 3. The number of benzene rings is 1. The Kier molecular flexibility index (Phi) is 7.96. The molecule has 1 aromatic rings. The predicted molar refractivity (Wildman–Crippen MR) is 83.5 cm³/mol. The lowest BCUT2D eigenvalue weighted by atomic mass is 10.1. The average molecular weight is 334 g/mol. The van der Waals surface area contributed by atoms with Crippen LogP contribution in [0.4, 0.5) is 4.39 Å². The van der Waals surface area contributed by atoms with E-state index in [4.69, 9.17) is 28.6 Å². The maximum Gasteiger partial charge on any atom is 0.242 e. The number of amides is 1. The molecule has 0 aliphatic rings. The minimum absolute atomic E-state index is 0.150. The van der Waals surface area contributed by atoms with E-state index in [1.165, 1.54) is 18.2 Å². The largest absolute Gasteiger partial charge is 0.385 e. The Morgan fingerprint density at radius 2 is 2.19 bits per heavy atom. The lowest BCUT2D eigenvalue weighted by Gasteiger charge is -2.12. The summed E-state index contributed by atoms with van der Waals surface area (Å²) >= 11 is 10.8. The number of hydrogen-bond acceptors (Lipinski definition) is 3. The van der Waals surface area contributed by atoms with Crippen LogP contribution in [-0.2, 0) is 16.0 Å². The first kappa shape index (κ1) is 17.6. The van der Waals surface area contributed by atoms with Gasteiger partial charge in [0.15, 0.2) is 5.11 Å². The number of rotatable bonds is 6. The fraction of sp³-hybridized carbons (Fsp3) is 0.385. The van der Waals surface area contributed by atoms with Crippen LogP contribution in [0.25, 0.3) is 0 Å². The van der Waals surface area contributed by atoms with Gasteiger partial charge < -0.3 is 10.1 Å². The molecule has 0 fully saturated rings. The van der Waals surface area contributed by atoms with Crippen LogP contribution in [0.15, 0.2) is 18.2 Å². The normalized spacial score (nSPS) is 10.0. The second-order valence-electron chi connectivity index (χ2n) is 4.15. The Balaban J connectivity index is 2.32. The van der Waals surface area contributed by atoms with Gasteiger partial charge in [0.05, 0.1) is 6.42 Å². The zero-order valence-corrected chi connectivity index (χ0v) is 13.1. The third-order valence-electron chi connectivity index (χ3n) is 2.53. The maximum absolute atomic E-state index is 13.5. The highest BCUT2D eigenvalue weighted by Gasteiger charge is 2.11. The fourth-order valence-corrected chi connectivity index (χ4v) is 1.88. The quantitative estimate of drug-likeness (QED) is 0.419. The van der Waals surface area contributed by atoms with Crippen molar-refractivity contribution in [2.45, 2.75) is 12.8 Å². The van der Waals surface area contributed by atoms with Crippen molar-refractivity contribution < 1.29 is 13.9 Å². The molecule has 0 aromatic heterocycles. The van der Waals surface area contributed by atoms with E-state index in [2.05, 4.69) is 16.2 Å². The van der Waals surface area contributed by atoms with Gasteiger partial charge in [0.25, 0.3) is 0 Å². The summed E-state index contributed by atoms with van der Waals surface area (Å²) in [5, 5.41) is 3.38. The first-order valence-corrected chi connectivity index (χ1v) is 7.07. The molecule has 1 amide bonds. The summed E-state index contributed by atoms with van der Waals surface area (Å²) in [5.41, 5.74) is 5.06. The van der Waals surface area contributed by atoms with Gasteiger partial charge in [-0.1, -0.05) is 17.7 Å². The van der Waals surface area contributed by atoms with Crippen LogP contribution in [0.5, 0.6) is 0 Å². The summed E-state index contributed by atoms with van der Waals surface area (Å²) in [4.78, 5) is 11.7. The molecule has 0 radical (unpaired) electrons. The van der Waals surface area contributed by atoms with E-state index < -0.39 is 11.7 Å². The predicted octanol–water partition coefficient (Wildman–Crippen LogP) is 1.55. The molecule has 1 rings (SSSR count). The fourth-order valence-electron chi connectivity index (χ4n) is 1.50. The van der Waals surface area contributed by atoms with Crippen molar-refractivity contribution in [1.29, 1.82) is 0 Å². The molecule has 0 aliphatic carbocycles. The molecule has 3 N–H and O–H groups in total. The van der Waals surface area contributed by atoms with E-state index in [1.807, 2.05) is 0 Å². The van der Waals surface area contributed by atoms with Crippen molar-refractivity contribution in [3.63, 3.8) is 0 Å². The highest BCUT2D eigenvalue weighted by molar-refractivity contribution is 7.80. The van der Waals surface area contributed by atoms with Crippen LogP contribution < -0.4 is 16.2 Å². The summed E-state index contributed by atoms with van der Waals surface area (Å²) in [5.74, 6) is -0.957. The first-order chi connectivity index (χ1) is 10.0. The van der Waals surface area contributed by atoms with E-state index in [1.54, 1.807) is 7.11 Å². The third kappa shape index (κ3) is 6.70. The molecule has 8 heteroatoms. The molecule has 0 saturated carbocycles. The smallest absolute Gasteiger partial charge is 0.242 e. The van der Waals surface area contributed by atoms with Gasteiger partial charge in [-0.25, -0.2) is 4.39 Å². The van der Waals surface area contributed by atoms with Gasteiger partial charge >= 0.3 is 0 Å². The number of hydrazine groups is 1. The van der Waals surface area contributed by atoms with Gasteiger partial charge in [0.1, 0.15) is 5.82 Å². The van der Waals surface area contributed by atoms with Crippen LogP contribution >= 0.6 is 23.8 Å². The summed E-state index contributed by atoms with van der Waals surface area (Å²) in [7, 11) is 1.62. The van der Waals surface area contributed by atoms with Crippen LogP contribution in [0, 0.1) is 5.82 Å². The van der Waals surface area contributed by atoms with E-state index >= 15 is 0 Å². The Labute approximate surface area is 133 Å². The molecule has 0 unspecified atom stereocenters. The van der Waals surface area contributed by atoms with Gasteiger partial charge in [0.2, 0.25) is 5.91 Å². The van der Waals surface area contributed by atoms with E-state index in [0.717, 1.165) is 6.42 Å². The van der Waals surface area contributed by atoms with E-state index in [0.29, 0.717) is 13.2 Å². The third-order valence-corrected chi connectivity index (χ3v) is 3.13. The number of halogens is 2. The molecule has 0 aliphatic heterocycles. The number of nitrogens with one attached hydrogen (secondary N) is 3. The van der Waals surface area contributed by atoms with Gasteiger partial charge in [-0.3, -0.25) is 15.6 Å². The van der Waals surface area contributed by atoms with Gasteiger partial charge in [0, 0.05) is 30.8 Å². The molecule has 5 nitrogen and oxygen atoms in total. The maximum atomic E-state index is 13.5. The molecule has 116 valence electrons. The second kappa shape index (κ2) is 9.49. The first-order valence-electron chi connectivity index (χ1n) is 6.29. The standard InChI is InChI=1S/C13H17ClFN3O2S/c1-20-7-3-6-16-13(21)18-17-12(19)8-9-10(14)4-2-5-11(9)15/h2,4-5H,3,6-8H2,1H3,(H,17,19)(H2,16,18,21). The highest BCUT2D eigenvalue weighted by atomic mass is 35.5. The van der Waals surface area contributed by atoms with Crippen molar-refractivity contribution in [3.05, 3.63) is 34.6 Å². The summed E-state index contributed by atoms with van der Waals surface area (Å²) in [6.07, 6.45) is 0.613. The molecule has 0 saturated heterocycles. The van der Waals surface area contributed by atoms with Crippen LogP contribution in [-0.4, -0.2) is 31.3 Å². The molecule has 0 atom stereocenters. The Bertz CT molecular complexity index is 482. The van der Waals surface area contributed by atoms with Crippen molar-refractivity contribution in [1.82, 2.24) is 16.2 Å². The van der Waals surface area contributed by atoms with Gasteiger partial charge in [-0.15, -0.1) is 0 Å². The van der Waals surface area contributed by atoms with Crippen LogP contribution in [0.1, 0.15) is 12.0 Å². The van der Waals surface area contributed by atoms with Crippen LogP contribution in [0.3, 0.4) is 0 Å². The summed E-state index contributed by atoms with van der Waals surface area (Å²) in [6.45, 7) is 1.24. The SMILES string of the molecule is COCCCNC(=S)NNC(=O)Cc1c(F)cccc1Cl. The number of ether oxygens (including phenoxy) is 1. The van der Waals surface area contributed by atoms with E-state index in [-0.39, 0.29) is 22.1 Å². The molecule has 21 heavy (non-hydrogen) atoms. The number of methoxy groups -OCH3 is 1. The molecule has 1 aromatic carbocycles. The minimum Gasteiger partial charge on any atom is -0.385 e. The minimum atomic E-state index is -0.516. The monoisotopic (exact) mass is 333 g/mol. The number of thiocarbonyl (C=S) groups is 1. The Hall–Kier alpha value is -1.44. The molecule has 0 spiro atoms. The Morgan fingerprint density at radius 3 is 2.86 bits per heavy atom. The number of carbonyl (C=O) groups is 1.